The van der Waals surface area contributed by atoms with Gasteiger partial charge in [0.25, 0.3) is 0 Å². The standard InChI is InChI=1S/C10H13N2O2S/c13-8-5-9(14)12(6-7-1-2-7)10-11(8)3-4-15-10/h7H,1-6H2/q+1. The summed E-state index contributed by atoms with van der Waals surface area (Å²) in [6, 6.07) is 0. The lowest BCUT2D eigenvalue weighted by Gasteiger charge is -2.19. The summed E-state index contributed by atoms with van der Waals surface area (Å²) in [7, 11) is 0. The Labute approximate surface area is 92.3 Å². The molecule has 0 N–H and O–H groups in total. The number of carbonyl (C=O) groups excluding carboxylic acids is 2. The van der Waals surface area contributed by atoms with E-state index in [0.29, 0.717) is 5.92 Å². The van der Waals surface area contributed by atoms with Crippen molar-refractivity contribution in [2.24, 2.45) is 5.92 Å². The first-order chi connectivity index (χ1) is 7.25. The fraction of sp³-hybridized carbons (Fsp3) is 0.700. The third-order valence-electron chi connectivity index (χ3n) is 3.05. The summed E-state index contributed by atoms with van der Waals surface area (Å²) in [6.07, 6.45) is 2.53. The third kappa shape index (κ3) is 1.58. The highest BCUT2D eigenvalue weighted by molar-refractivity contribution is 8.13. The van der Waals surface area contributed by atoms with E-state index in [0.717, 1.165) is 24.0 Å². The number of hydrogen-bond donors (Lipinski definition) is 0. The van der Waals surface area contributed by atoms with Crippen LogP contribution in [0.2, 0.25) is 0 Å². The maximum absolute atomic E-state index is 11.8. The van der Waals surface area contributed by atoms with Crippen molar-refractivity contribution in [3.05, 3.63) is 0 Å². The first-order valence-corrected chi connectivity index (χ1v) is 6.35. The molecule has 1 aliphatic carbocycles. The van der Waals surface area contributed by atoms with Gasteiger partial charge in [0, 0.05) is 5.75 Å². The van der Waals surface area contributed by atoms with Crippen molar-refractivity contribution in [2.75, 3.05) is 18.8 Å². The Kier molecular flexibility index (Phi) is 2.09. The molecule has 15 heavy (non-hydrogen) atoms. The zero-order valence-electron chi connectivity index (χ0n) is 8.44. The number of hydrogen-bond acceptors (Lipinski definition) is 3. The minimum absolute atomic E-state index is 0.00690. The summed E-state index contributed by atoms with van der Waals surface area (Å²) in [5.41, 5.74) is 0. The molecule has 2 heterocycles. The first-order valence-electron chi connectivity index (χ1n) is 5.36. The number of carbonyl (C=O) groups is 2. The predicted molar refractivity (Wildman–Crippen MR) is 56.7 cm³/mol. The second kappa shape index (κ2) is 3.33. The molecular formula is C10H13N2O2S+. The van der Waals surface area contributed by atoms with E-state index >= 15 is 0 Å². The summed E-state index contributed by atoms with van der Waals surface area (Å²) in [5.74, 6) is 1.58. The van der Waals surface area contributed by atoms with E-state index in [9.17, 15) is 9.59 Å². The van der Waals surface area contributed by atoms with Gasteiger partial charge in [-0.15, -0.1) is 0 Å². The van der Waals surface area contributed by atoms with Crippen molar-refractivity contribution in [3.8, 4) is 0 Å². The first kappa shape index (κ1) is 9.39. The lowest BCUT2D eigenvalue weighted by Crippen LogP contribution is -2.47. The Morgan fingerprint density at radius 2 is 2.20 bits per heavy atom. The van der Waals surface area contributed by atoms with Gasteiger partial charge in [-0.3, -0.25) is 0 Å². The summed E-state index contributed by atoms with van der Waals surface area (Å²) in [5, 5.41) is 0.892. The van der Waals surface area contributed by atoms with Crippen molar-refractivity contribution in [1.29, 1.82) is 0 Å². The molecule has 5 heteroatoms. The van der Waals surface area contributed by atoms with Gasteiger partial charge in [0.1, 0.15) is 6.54 Å². The third-order valence-corrected chi connectivity index (χ3v) is 4.14. The number of rotatable bonds is 2. The molecule has 0 unspecified atom stereocenters. The normalized spacial score (nSPS) is 26.3. The van der Waals surface area contributed by atoms with E-state index in [2.05, 4.69) is 0 Å². The fourth-order valence-corrected chi connectivity index (χ4v) is 3.16. The van der Waals surface area contributed by atoms with Crippen molar-refractivity contribution >= 4 is 28.7 Å². The van der Waals surface area contributed by atoms with Crippen LogP contribution in [0.4, 0.5) is 0 Å². The molecular weight excluding hydrogens is 212 g/mol. The SMILES string of the molecule is O=C1CC(=O)[N+]2=C(SCC2)N1CC1CC1. The van der Waals surface area contributed by atoms with Crippen molar-refractivity contribution in [1.82, 2.24) is 4.90 Å². The molecule has 0 aromatic heterocycles. The van der Waals surface area contributed by atoms with Crippen molar-refractivity contribution in [3.63, 3.8) is 0 Å². The highest BCUT2D eigenvalue weighted by atomic mass is 32.2. The van der Waals surface area contributed by atoms with Gasteiger partial charge in [-0.25, -0.2) is 9.59 Å². The second-order valence-corrected chi connectivity index (χ2v) is 5.36. The largest absolute Gasteiger partial charge is 0.323 e. The van der Waals surface area contributed by atoms with Crippen LogP contribution in [0.25, 0.3) is 0 Å². The van der Waals surface area contributed by atoms with Crippen LogP contribution in [0.1, 0.15) is 19.3 Å². The topological polar surface area (TPSA) is 40.4 Å². The maximum Gasteiger partial charge on any atom is 0.323 e. The van der Waals surface area contributed by atoms with Crippen LogP contribution in [0.5, 0.6) is 0 Å². The summed E-state index contributed by atoms with van der Waals surface area (Å²) in [4.78, 5) is 25.2. The number of nitrogens with zero attached hydrogens (tertiary/aromatic N) is 2. The Hall–Kier alpha value is -0.840. The van der Waals surface area contributed by atoms with Gasteiger partial charge in [0.15, 0.2) is 6.42 Å². The molecule has 2 aliphatic heterocycles. The molecule has 1 saturated carbocycles. The molecule has 4 nitrogen and oxygen atoms in total. The highest BCUT2D eigenvalue weighted by Crippen LogP contribution is 2.32. The van der Waals surface area contributed by atoms with E-state index in [4.69, 9.17) is 0 Å². The lowest BCUT2D eigenvalue weighted by atomic mass is 10.2. The zero-order valence-corrected chi connectivity index (χ0v) is 9.26. The van der Waals surface area contributed by atoms with Crippen LogP contribution in [0.3, 0.4) is 0 Å². The Morgan fingerprint density at radius 1 is 1.40 bits per heavy atom. The average Bonchev–Trinajstić information content (AvgIpc) is 2.87. The van der Waals surface area contributed by atoms with Crippen LogP contribution in [-0.4, -0.2) is 45.3 Å². The van der Waals surface area contributed by atoms with Crippen LogP contribution >= 0.6 is 11.8 Å². The summed E-state index contributed by atoms with van der Waals surface area (Å²) >= 11 is 1.64. The molecule has 0 bridgehead atoms. The monoisotopic (exact) mass is 225 g/mol. The molecule has 0 aromatic rings. The van der Waals surface area contributed by atoms with Crippen LogP contribution in [-0.2, 0) is 9.59 Å². The number of thioether (sulfide) groups is 1. The van der Waals surface area contributed by atoms with Crippen molar-refractivity contribution in [2.45, 2.75) is 19.3 Å². The molecule has 80 valence electrons. The molecule has 3 aliphatic rings. The van der Waals surface area contributed by atoms with Gasteiger partial charge in [-0.05, 0) is 30.5 Å². The molecule has 0 atom stereocenters. The van der Waals surface area contributed by atoms with Crippen LogP contribution in [0, 0.1) is 5.92 Å². The Morgan fingerprint density at radius 3 is 2.93 bits per heavy atom. The molecule has 0 spiro atoms. The molecule has 1 fully saturated rings. The van der Waals surface area contributed by atoms with E-state index in [-0.39, 0.29) is 18.2 Å². The minimum atomic E-state index is -0.0213. The molecule has 0 saturated heterocycles. The lowest BCUT2D eigenvalue weighted by molar-refractivity contribution is -0.445. The smallest absolute Gasteiger partial charge is 0.246 e. The van der Waals surface area contributed by atoms with Gasteiger partial charge in [-0.1, -0.05) is 0 Å². The van der Waals surface area contributed by atoms with E-state index in [1.165, 1.54) is 12.8 Å². The summed E-state index contributed by atoms with van der Waals surface area (Å²) < 4.78 is 1.77. The number of amidine groups is 1. The van der Waals surface area contributed by atoms with Gasteiger partial charge < -0.3 is 0 Å². The molecule has 3 rings (SSSR count). The molecule has 0 radical (unpaired) electrons. The van der Waals surface area contributed by atoms with E-state index in [1.54, 1.807) is 16.3 Å². The van der Waals surface area contributed by atoms with Gasteiger partial charge >= 0.3 is 17.0 Å². The second-order valence-electron chi connectivity index (χ2n) is 4.30. The predicted octanol–water partition coefficient (Wildman–Crippen LogP) is 0.271. The van der Waals surface area contributed by atoms with Crippen LogP contribution < -0.4 is 0 Å². The van der Waals surface area contributed by atoms with Gasteiger partial charge in [0.2, 0.25) is 0 Å². The van der Waals surface area contributed by atoms with Crippen molar-refractivity contribution < 1.29 is 14.2 Å². The summed E-state index contributed by atoms with van der Waals surface area (Å²) in [6.45, 7) is 1.60. The van der Waals surface area contributed by atoms with E-state index < -0.39 is 0 Å². The Balaban J connectivity index is 1.89. The average molecular weight is 225 g/mol. The fourth-order valence-electron chi connectivity index (χ4n) is 2.02. The van der Waals surface area contributed by atoms with Crippen LogP contribution in [0.15, 0.2) is 0 Å². The molecule has 2 amide bonds. The zero-order chi connectivity index (χ0) is 10.4. The highest BCUT2D eigenvalue weighted by Gasteiger charge is 2.45. The Bertz CT molecular complexity index is 374. The van der Waals surface area contributed by atoms with E-state index in [1.807, 2.05) is 4.90 Å². The van der Waals surface area contributed by atoms with Gasteiger partial charge in [-0.2, -0.15) is 9.48 Å². The number of amides is 2. The quantitative estimate of drug-likeness (QED) is 0.500. The maximum atomic E-state index is 11.8. The molecule has 0 aromatic carbocycles. The minimum Gasteiger partial charge on any atom is -0.246 e. The van der Waals surface area contributed by atoms with Gasteiger partial charge in [0.05, 0.1) is 6.54 Å².